The highest BCUT2D eigenvalue weighted by atomic mass is 16.2. The van der Waals surface area contributed by atoms with Crippen molar-refractivity contribution in [1.29, 1.82) is 0 Å². The Kier molecular flexibility index (Phi) is 5.10. The van der Waals surface area contributed by atoms with Crippen molar-refractivity contribution in [3.63, 3.8) is 0 Å². The lowest BCUT2D eigenvalue weighted by molar-refractivity contribution is -0.137. The summed E-state index contributed by atoms with van der Waals surface area (Å²) in [6.45, 7) is 5.79. The SMILES string of the molecule is Cc1ccnc(N2CCCC3(CCC(=O)N(CCc4ccccn4)C3)C2)c1. The second kappa shape index (κ2) is 7.67. The van der Waals surface area contributed by atoms with Crippen molar-refractivity contribution in [2.24, 2.45) is 5.41 Å². The number of anilines is 1. The highest BCUT2D eigenvalue weighted by Crippen LogP contribution is 2.40. The molecule has 0 radical (unpaired) electrons. The maximum absolute atomic E-state index is 12.5. The van der Waals surface area contributed by atoms with Crippen LogP contribution in [-0.2, 0) is 11.2 Å². The van der Waals surface area contributed by atoms with Gasteiger partial charge >= 0.3 is 0 Å². The number of carbonyl (C=O) groups is 1. The molecule has 2 saturated heterocycles. The smallest absolute Gasteiger partial charge is 0.222 e. The Hall–Kier alpha value is -2.43. The summed E-state index contributed by atoms with van der Waals surface area (Å²) >= 11 is 0. The Balaban J connectivity index is 1.44. The summed E-state index contributed by atoms with van der Waals surface area (Å²) in [6, 6.07) is 10.2. The van der Waals surface area contributed by atoms with Crippen LogP contribution in [0, 0.1) is 12.3 Å². The number of amides is 1. The molecule has 1 amide bonds. The molecule has 5 nitrogen and oxygen atoms in total. The van der Waals surface area contributed by atoms with Crippen LogP contribution in [0.3, 0.4) is 0 Å². The van der Waals surface area contributed by atoms with Gasteiger partial charge in [-0.1, -0.05) is 6.07 Å². The summed E-state index contributed by atoms with van der Waals surface area (Å²) in [5.41, 5.74) is 2.50. The molecule has 0 aromatic carbocycles. The van der Waals surface area contributed by atoms with E-state index in [1.807, 2.05) is 36.7 Å². The topological polar surface area (TPSA) is 49.3 Å². The van der Waals surface area contributed by atoms with Crippen LogP contribution in [0.1, 0.15) is 36.9 Å². The number of piperidine rings is 2. The van der Waals surface area contributed by atoms with Gasteiger partial charge in [0.2, 0.25) is 5.91 Å². The molecule has 0 N–H and O–H groups in total. The summed E-state index contributed by atoms with van der Waals surface area (Å²) in [5.74, 6) is 1.37. The van der Waals surface area contributed by atoms with Crippen molar-refractivity contribution in [1.82, 2.24) is 14.9 Å². The number of aryl methyl sites for hydroxylation is 1. The minimum absolute atomic E-state index is 0.196. The van der Waals surface area contributed by atoms with E-state index in [0.29, 0.717) is 12.3 Å². The highest BCUT2D eigenvalue weighted by molar-refractivity contribution is 5.77. The third-order valence-electron chi connectivity index (χ3n) is 6.00. The van der Waals surface area contributed by atoms with Crippen LogP contribution in [-0.4, -0.2) is 47.0 Å². The first kappa shape index (κ1) is 18.0. The molecular formula is C22H28N4O. The maximum atomic E-state index is 12.5. The number of likely N-dealkylation sites (tertiary alicyclic amines) is 1. The summed E-state index contributed by atoms with van der Waals surface area (Å²) in [5, 5.41) is 0. The molecule has 1 spiro atoms. The molecule has 1 atom stereocenters. The molecule has 27 heavy (non-hydrogen) atoms. The molecule has 5 heteroatoms. The monoisotopic (exact) mass is 364 g/mol. The molecule has 2 aromatic heterocycles. The first-order valence-electron chi connectivity index (χ1n) is 9.99. The molecule has 0 saturated carbocycles. The number of hydrogen-bond acceptors (Lipinski definition) is 4. The van der Waals surface area contributed by atoms with E-state index in [1.54, 1.807) is 0 Å². The fourth-order valence-corrected chi connectivity index (χ4v) is 4.53. The highest BCUT2D eigenvalue weighted by Gasteiger charge is 2.41. The van der Waals surface area contributed by atoms with Gasteiger partial charge in [0, 0.05) is 62.5 Å². The second-order valence-corrected chi connectivity index (χ2v) is 8.10. The predicted octanol–water partition coefficient (Wildman–Crippen LogP) is 3.24. The number of carbonyl (C=O) groups excluding carboxylic acids is 1. The molecule has 2 aromatic rings. The number of nitrogens with zero attached hydrogens (tertiary/aromatic N) is 4. The fourth-order valence-electron chi connectivity index (χ4n) is 4.53. The zero-order valence-electron chi connectivity index (χ0n) is 16.1. The van der Waals surface area contributed by atoms with E-state index in [4.69, 9.17) is 0 Å². The summed E-state index contributed by atoms with van der Waals surface area (Å²) in [7, 11) is 0. The largest absolute Gasteiger partial charge is 0.356 e. The predicted molar refractivity (Wildman–Crippen MR) is 107 cm³/mol. The molecule has 4 rings (SSSR count). The van der Waals surface area contributed by atoms with Crippen molar-refractivity contribution < 1.29 is 4.79 Å². The van der Waals surface area contributed by atoms with Crippen molar-refractivity contribution >= 4 is 11.7 Å². The fraction of sp³-hybridized carbons (Fsp3) is 0.500. The van der Waals surface area contributed by atoms with Gasteiger partial charge < -0.3 is 9.80 Å². The van der Waals surface area contributed by atoms with Gasteiger partial charge in [0.1, 0.15) is 5.82 Å². The molecule has 1 unspecified atom stereocenters. The zero-order chi connectivity index (χ0) is 18.7. The minimum atomic E-state index is 0.196. The van der Waals surface area contributed by atoms with Crippen molar-refractivity contribution in [3.05, 3.63) is 54.0 Å². The average molecular weight is 364 g/mol. The lowest BCUT2D eigenvalue weighted by atomic mass is 9.73. The van der Waals surface area contributed by atoms with E-state index in [-0.39, 0.29) is 5.41 Å². The number of aromatic nitrogens is 2. The van der Waals surface area contributed by atoms with Gasteiger partial charge in [0.15, 0.2) is 0 Å². The normalized spacial score (nSPS) is 23.1. The summed E-state index contributed by atoms with van der Waals surface area (Å²) < 4.78 is 0. The molecule has 4 heterocycles. The van der Waals surface area contributed by atoms with Gasteiger partial charge in [-0.05, 0) is 56.0 Å². The lowest BCUT2D eigenvalue weighted by Gasteiger charge is -2.48. The Morgan fingerprint density at radius 2 is 2.04 bits per heavy atom. The van der Waals surface area contributed by atoms with Gasteiger partial charge in [0.05, 0.1) is 0 Å². The quantitative estimate of drug-likeness (QED) is 0.836. The number of rotatable bonds is 4. The van der Waals surface area contributed by atoms with E-state index in [9.17, 15) is 4.79 Å². The van der Waals surface area contributed by atoms with Crippen LogP contribution in [0.2, 0.25) is 0 Å². The molecule has 2 aliphatic heterocycles. The first-order chi connectivity index (χ1) is 13.1. The molecular weight excluding hydrogens is 336 g/mol. The Bertz CT molecular complexity index is 794. The van der Waals surface area contributed by atoms with Crippen LogP contribution in [0.15, 0.2) is 42.7 Å². The molecule has 2 fully saturated rings. The van der Waals surface area contributed by atoms with Crippen LogP contribution in [0.25, 0.3) is 0 Å². The van der Waals surface area contributed by atoms with Gasteiger partial charge in [-0.3, -0.25) is 9.78 Å². The van der Waals surface area contributed by atoms with E-state index in [0.717, 1.165) is 57.0 Å². The van der Waals surface area contributed by atoms with E-state index in [1.165, 1.54) is 12.0 Å². The third-order valence-corrected chi connectivity index (χ3v) is 6.00. The van der Waals surface area contributed by atoms with Gasteiger partial charge in [-0.25, -0.2) is 4.98 Å². The lowest BCUT2D eigenvalue weighted by Crippen LogP contribution is -2.54. The van der Waals surface area contributed by atoms with E-state index in [2.05, 4.69) is 32.8 Å². The van der Waals surface area contributed by atoms with Gasteiger partial charge in [-0.15, -0.1) is 0 Å². The van der Waals surface area contributed by atoms with Crippen LogP contribution in [0.4, 0.5) is 5.82 Å². The zero-order valence-corrected chi connectivity index (χ0v) is 16.1. The van der Waals surface area contributed by atoms with Gasteiger partial charge in [-0.2, -0.15) is 0 Å². The van der Waals surface area contributed by atoms with E-state index < -0.39 is 0 Å². The Morgan fingerprint density at radius 1 is 1.11 bits per heavy atom. The molecule has 0 aliphatic carbocycles. The molecule has 0 bridgehead atoms. The van der Waals surface area contributed by atoms with Crippen molar-refractivity contribution in [2.45, 2.75) is 39.0 Å². The summed E-state index contributed by atoms with van der Waals surface area (Å²) in [4.78, 5) is 26.0. The van der Waals surface area contributed by atoms with Gasteiger partial charge in [0.25, 0.3) is 0 Å². The minimum Gasteiger partial charge on any atom is -0.356 e. The number of pyridine rings is 2. The Morgan fingerprint density at radius 3 is 2.85 bits per heavy atom. The maximum Gasteiger partial charge on any atom is 0.222 e. The summed E-state index contributed by atoms with van der Waals surface area (Å²) in [6.07, 6.45) is 8.57. The standard InChI is InChI=1S/C22H28N4O/c1-18-7-12-24-20(15-18)25-13-4-9-22(16-25)10-6-21(27)26(17-22)14-8-19-5-2-3-11-23-19/h2-3,5,7,11-12,15H,4,6,8-10,13-14,16-17H2,1H3. The average Bonchev–Trinajstić information content (AvgIpc) is 2.70. The Labute approximate surface area is 161 Å². The first-order valence-corrected chi connectivity index (χ1v) is 9.99. The van der Waals surface area contributed by atoms with Crippen LogP contribution < -0.4 is 4.90 Å². The molecule has 142 valence electrons. The van der Waals surface area contributed by atoms with E-state index >= 15 is 0 Å². The van der Waals surface area contributed by atoms with Crippen molar-refractivity contribution in [3.8, 4) is 0 Å². The third kappa shape index (κ3) is 4.12. The van der Waals surface area contributed by atoms with Crippen LogP contribution in [0.5, 0.6) is 0 Å². The molecule has 2 aliphatic rings. The second-order valence-electron chi connectivity index (χ2n) is 8.10. The van der Waals surface area contributed by atoms with Crippen molar-refractivity contribution in [2.75, 3.05) is 31.1 Å². The van der Waals surface area contributed by atoms with Crippen LogP contribution >= 0.6 is 0 Å². The number of hydrogen-bond donors (Lipinski definition) is 0.